The summed E-state index contributed by atoms with van der Waals surface area (Å²) < 4.78 is 11.4. The lowest BCUT2D eigenvalue weighted by atomic mass is 9.99. The van der Waals surface area contributed by atoms with Gasteiger partial charge in [-0.1, -0.05) is 97.1 Å². The van der Waals surface area contributed by atoms with E-state index in [0.717, 1.165) is 104 Å². The predicted molar refractivity (Wildman–Crippen MR) is 230 cm³/mol. The van der Waals surface area contributed by atoms with E-state index in [-0.39, 0.29) is 0 Å². The largest absolute Gasteiger partial charge is 0.454 e. The van der Waals surface area contributed by atoms with Gasteiger partial charge in [-0.15, -0.1) is 11.3 Å². The number of para-hydroxylation sites is 3. The molecule has 8 aromatic carbocycles. The highest BCUT2D eigenvalue weighted by molar-refractivity contribution is 7.26. The molecule has 56 heavy (non-hydrogen) atoms. The average molecular weight is 732 g/mol. The van der Waals surface area contributed by atoms with Crippen molar-refractivity contribution in [2.45, 2.75) is 0 Å². The molecular weight excluding hydrogens is 707 g/mol. The van der Waals surface area contributed by atoms with Crippen LogP contribution in [0.1, 0.15) is 5.69 Å². The highest BCUT2D eigenvalue weighted by Gasteiger charge is 2.33. The second-order valence-corrected chi connectivity index (χ2v) is 15.4. The molecule has 0 bridgehead atoms. The summed E-state index contributed by atoms with van der Waals surface area (Å²) in [5.41, 5.74) is 10.3. The smallest absolute Gasteiger partial charge is 0.162 e. The van der Waals surface area contributed by atoms with Gasteiger partial charge in [0.2, 0.25) is 0 Å². The minimum atomic E-state index is 0.374. The molecule has 258 valence electrons. The third-order valence-electron chi connectivity index (χ3n) is 11.6. The summed E-state index contributed by atoms with van der Waals surface area (Å²) in [6, 6.07) is 55.7. The van der Waals surface area contributed by atoms with Crippen LogP contribution in [-0.4, -0.2) is 14.5 Å². The van der Waals surface area contributed by atoms with Crippen molar-refractivity contribution in [1.29, 1.82) is 5.26 Å². The zero-order valence-corrected chi connectivity index (χ0v) is 30.3. The maximum atomic E-state index is 10.2. The van der Waals surface area contributed by atoms with Crippen molar-refractivity contribution >= 4 is 114 Å². The van der Waals surface area contributed by atoms with Crippen molar-refractivity contribution in [2.24, 2.45) is 0 Å². The highest BCUT2D eigenvalue weighted by atomic mass is 32.1. The number of hydrogen-bond donors (Lipinski definition) is 0. The molecule has 1 aliphatic heterocycles. The van der Waals surface area contributed by atoms with Crippen LogP contribution in [0.2, 0.25) is 0 Å². The lowest BCUT2D eigenvalue weighted by Gasteiger charge is -2.34. The van der Waals surface area contributed by atoms with Crippen LogP contribution in [0.4, 0.5) is 17.1 Å². The molecule has 6 nitrogen and oxygen atoms in total. The number of nitriles is 1. The second-order valence-electron chi connectivity index (χ2n) is 14.4. The van der Waals surface area contributed by atoms with Crippen molar-refractivity contribution in [3.63, 3.8) is 0 Å². The standard InChI is InChI=1S/C49H25N5OS/c50-26-37-33-13-3-6-16-36(33)51-49(52-37)35-23-25-38(43-34-14-5-8-19-42(34)56-48(35)43)53-39-17-9-15-30-31-21-22-32-29-12-4-7-18-41(29)55-47(32)46(31)54(45(30)39)40-24-20-27-10-1-2-11-28(27)44(40)53/h1-25H. The number of aromatic nitrogens is 3. The molecule has 0 N–H and O–H groups in total. The monoisotopic (exact) mass is 731 g/mol. The van der Waals surface area contributed by atoms with Crippen molar-refractivity contribution < 1.29 is 4.42 Å². The Labute approximate surface area is 322 Å². The van der Waals surface area contributed by atoms with Crippen molar-refractivity contribution in [3.05, 3.63) is 157 Å². The summed E-state index contributed by atoms with van der Waals surface area (Å²) in [6.07, 6.45) is 0. The number of fused-ring (bicyclic) bond motifs is 15. The molecule has 0 saturated heterocycles. The van der Waals surface area contributed by atoms with E-state index in [4.69, 9.17) is 14.4 Å². The SMILES string of the molecule is N#Cc1nc(-c2ccc(N3c4c(ccc5ccccc45)-n4c5c3cccc5c3ccc5c6ccccc6oc5c34)c3c2sc2ccccc23)nc2ccccc12. The van der Waals surface area contributed by atoms with E-state index >= 15 is 0 Å². The summed E-state index contributed by atoms with van der Waals surface area (Å²) in [5, 5.41) is 20.1. The average Bonchev–Trinajstić information content (AvgIpc) is 3.94. The van der Waals surface area contributed by atoms with Crippen LogP contribution in [0, 0.1) is 11.3 Å². The van der Waals surface area contributed by atoms with E-state index in [1.807, 2.05) is 30.3 Å². The molecule has 12 aromatic rings. The van der Waals surface area contributed by atoms with Gasteiger partial charge in [-0.3, -0.25) is 0 Å². The number of anilines is 3. The van der Waals surface area contributed by atoms with E-state index in [1.54, 1.807) is 11.3 Å². The van der Waals surface area contributed by atoms with Crippen LogP contribution < -0.4 is 4.90 Å². The fourth-order valence-corrected chi connectivity index (χ4v) is 10.4. The van der Waals surface area contributed by atoms with Crippen LogP contribution in [0.15, 0.2) is 156 Å². The summed E-state index contributed by atoms with van der Waals surface area (Å²) in [7, 11) is 0. The fraction of sp³-hybridized carbons (Fsp3) is 0. The molecule has 0 amide bonds. The minimum Gasteiger partial charge on any atom is -0.454 e. The minimum absolute atomic E-state index is 0.374. The molecule has 0 spiro atoms. The van der Waals surface area contributed by atoms with E-state index < -0.39 is 0 Å². The van der Waals surface area contributed by atoms with Crippen molar-refractivity contribution in [3.8, 4) is 23.1 Å². The lowest BCUT2D eigenvalue weighted by Crippen LogP contribution is -2.19. The van der Waals surface area contributed by atoms with Gasteiger partial charge in [0, 0.05) is 58.1 Å². The second kappa shape index (κ2) is 10.8. The molecule has 0 unspecified atom stereocenters. The van der Waals surface area contributed by atoms with E-state index in [9.17, 15) is 5.26 Å². The molecule has 0 aliphatic carbocycles. The van der Waals surface area contributed by atoms with E-state index in [2.05, 4.69) is 137 Å². The highest BCUT2D eigenvalue weighted by Crippen LogP contribution is 2.56. The van der Waals surface area contributed by atoms with Crippen molar-refractivity contribution in [2.75, 3.05) is 4.90 Å². The molecular formula is C49H25N5OS. The van der Waals surface area contributed by atoms with Crippen LogP contribution in [0.3, 0.4) is 0 Å². The molecule has 0 atom stereocenters. The maximum absolute atomic E-state index is 10.2. The van der Waals surface area contributed by atoms with E-state index in [0.29, 0.717) is 11.5 Å². The van der Waals surface area contributed by atoms with Crippen LogP contribution in [-0.2, 0) is 0 Å². The maximum Gasteiger partial charge on any atom is 0.162 e. The van der Waals surface area contributed by atoms with Crippen LogP contribution in [0.5, 0.6) is 0 Å². The van der Waals surface area contributed by atoms with Crippen LogP contribution in [0.25, 0.3) is 103 Å². The molecule has 7 heteroatoms. The molecule has 0 fully saturated rings. The Kier molecular flexibility index (Phi) is 5.76. The Morgan fingerprint density at radius 1 is 0.554 bits per heavy atom. The van der Waals surface area contributed by atoms with E-state index in [1.165, 1.54) is 10.1 Å². The number of hydrogen-bond acceptors (Lipinski definition) is 6. The Hall–Kier alpha value is -7.53. The van der Waals surface area contributed by atoms with Gasteiger partial charge in [0.1, 0.15) is 11.7 Å². The first-order valence-electron chi connectivity index (χ1n) is 18.6. The molecule has 5 heterocycles. The van der Waals surface area contributed by atoms with Gasteiger partial charge in [0.25, 0.3) is 0 Å². The number of benzene rings is 8. The third kappa shape index (κ3) is 3.78. The van der Waals surface area contributed by atoms with Crippen molar-refractivity contribution in [1.82, 2.24) is 14.5 Å². The number of thiophene rings is 1. The van der Waals surface area contributed by atoms with Gasteiger partial charge < -0.3 is 13.9 Å². The third-order valence-corrected chi connectivity index (χ3v) is 12.8. The first kappa shape index (κ1) is 29.9. The van der Waals surface area contributed by atoms with Gasteiger partial charge in [-0.25, -0.2) is 9.97 Å². The lowest BCUT2D eigenvalue weighted by molar-refractivity contribution is 0.671. The normalized spacial score (nSPS) is 12.6. The molecule has 0 radical (unpaired) electrons. The Balaban J connectivity index is 1.18. The summed E-state index contributed by atoms with van der Waals surface area (Å²) in [6.45, 7) is 0. The predicted octanol–water partition coefficient (Wildman–Crippen LogP) is 13.5. The van der Waals surface area contributed by atoms with Gasteiger partial charge in [0.05, 0.1) is 39.3 Å². The first-order valence-corrected chi connectivity index (χ1v) is 19.4. The Bertz CT molecular complexity index is 3750. The first-order chi connectivity index (χ1) is 27.7. The zero-order chi connectivity index (χ0) is 36.6. The van der Waals surface area contributed by atoms with Gasteiger partial charge >= 0.3 is 0 Å². The summed E-state index contributed by atoms with van der Waals surface area (Å²) in [5.74, 6) is 0.546. The molecule has 1 aliphatic rings. The number of rotatable bonds is 2. The number of nitrogens with zero attached hydrogens (tertiary/aromatic N) is 5. The Morgan fingerprint density at radius 3 is 2.20 bits per heavy atom. The number of furan rings is 1. The van der Waals surface area contributed by atoms with Gasteiger partial charge in [-0.05, 0) is 60.0 Å². The molecule has 0 saturated carbocycles. The fourth-order valence-electron chi connectivity index (χ4n) is 9.22. The summed E-state index contributed by atoms with van der Waals surface area (Å²) >= 11 is 1.74. The topological polar surface area (TPSA) is 70.9 Å². The quantitative estimate of drug-likeness (QED) is 0.177. The summed E-state index contributed by atoms with van der Waals surface area (Å²) in [4.78, 5) is 12.4. The Morgan fingerprint density at radius 2 is 1.29 bits per heavy atom. The van der Waals surface area contributed by atoms with Gasteiger partial charge in [0.15, 0.2) is 17.1 Å². The molecule has 4 aromatic heterocycles. The zero-order valence-electron chi connectivity index (χ0n) is 29.5. The van der Waals surface area contributed by atoms with Gasteiger partial charge in [-0.2, -0.15) is 5.26 Å². The van der Waals surface area contributed by atoms with Crippen LogP contribution >= 0.6 is 11.3 Å². The molecule has 13 rings (SSSR count).